The van der Waals surface area contributed by atoms with Crippen molar-refractivity contribution in [2.24, 2.45) is 5.92 Å². The zero-order valence-electron chi connectivity index (χ0n) is 13.2. The monoisotopic (exact) mass is 309 g/mol. The number of anilines is 1. The summed E-state index contributed by atoms with van der Waals surface area (Å²) < 4.78 is 32.9. The third-order valence-corrected chi connectivity index (χ3v) is 5.04. The molecule has 0 unspecified atom stereocenters. The van der Waals surface area contributed by atoms with Gasteiger partial charge in [0.1, 0.15) is 11.6 Å². The van der Waals surface area contributed by atoms with Crippen LogP contribution in [0, 0.1) is 17.6 Å². The minimum atomic E-state index is -0.535. The molecule has 3 rings (SSSR count). The summed E-state index contributed by atoms with van der Waals surface area (Å²) in [5.74, 6) is -0.323. The molecule has 0 aliphatic heterocycles. The van der Waals surface area contributed by atoms with Gasteiger partial charge in [0.15, 0.2) is 0 Å². The summed E-state index contributed by atoms with van der Waals surface area (Å²) in [5.41, 5.74) is 0.468. The van der Waals surface area contributed by atoms with Crippen molar-refractivity contribution in [3.63, 3.8) is 0 Å². The van der Waals surface area contributed by atoms with Gasteiger partial charge < -0.3 is 10.1 Å². The smallest absolute Gasteiger partial charge is 0.149 e. The van der Waals surface area contributed by atoms with Crippen molar-refractivity contribution in [1.82, 2.24) is 0 Å². The van der Waals surface area contributed by atoms with Crippen LogP contribution < -0.4 is 5.32 Å². The second-order valence-corrected chi connectivity index (χ2v) is 6.73. The van der Waals surface area contributed by atoms with Crippen molar-refractivity contribution in [2.75, 3.05) is 11.9 Å². The lowest BCUT2D eigenvalue weighted by atomic mass is 9.78. The largest absolute Gasteiger partial charge is 0.380 e. The summed E-state index contributed by atoms with van der Waals surface area (Å²) in [6, 6.07) is 3.97. The van der Waals surface area contributed by atoms with Gasteiger partial charge in [0.2, 0.25) is 0 Å². The molecule has 0 bridgehead atoms. The molecule has 0 heterocycles. The van der Waals surface area contributed by atoms with Crippen molar-refractivity contribution in [3.05, 3.63) is 29.8 Å². The van der Waals surface area contributed by atoms with Crippen LogP contribution in [0.5, 0.6) is 0 Å². The van der Waals surface area contributed by atoms with E-state index in [1.54, 1.807) is 0 Å². The highest BCUT2D eigenvalue weighted by Crippen LogP contribution is 2.49. The highest BCUT2D eigenvalue weighted by atomic mass is 19.1. The number of ether oxygens (including phenoxy) is 1. The predicted molar refractivity (Wildman–Crippen MR) is 83.9 cm³/mol. The lowest BCUT2D eigenvalue weighted by Gasteiger charge is -2.41. The average Bonchev–Trinajstić information content (AvgIpc) is 3.35. The Morgan fingerprint density at radius 3 is 2.50 bits per heavy atom. The number of rotatable bonds is 6. The summed E-state index contributed by atoms with van der Waals surface area (Å²) in [5, 5.41) is 3.23. The molecule has 4 heteroatoms. The average molecular weight is 309 g/mol. The van der Waals surface area contributed by atoms with E-state index in [1.165, 1.54) is 25.0 Å². The number of nitrogens with one attached hydrogen (secondary N) is 1. The predicted octanol–water partition coefficient (Wildman–Crippen LogP) is 4.89. The topological polar surface area (TPSA) is 21.3 Å². The Balaban J connectivity index is 1.58. The summed E-state index contributed by atoms with van der Waals surface area (Å²) in [4.78, 5) is 0. The second kappa shape index (κ2) is 6.53. The van der Waals surface area contributed by atoms with Gasteiger partial charge in [-0.15, -0.1) is 0 Å². The molecule has 0 saturated heterocycles. The van der Waals surface area contributed by atoms with Gasteiger partial charge in [-0.05, 0) is 63.0 Å². The van der Waals surface area contributed by atoms with Gasteiger partial charge >= 0.3 is 0 Å². The Morgan fingerprint density at radius 1 is 1.18 bits per heavy atom. The second-order valence-electron chi connectivity index (χ2n) is 6.73. The van der Waals surface area contributed by atoms with Gasteiger partial charge in [-0.2, -0.15) is 0 Å². The molecule has 1 aromatic rings. The van der Waals surface area contributed by atoms with Gasteiger partial charge in [0, 0.05) is 18.7 Å². The standard InChI is InChI=1S/C18H25F2NO/c1-2-11-22-18(13-3-4-13)9-7-15(8-10-18)21-17-6-5-14(19)12-16(17)20/h5-6,12-13,15,21H,2-4,7-11H2,1H3. The SMILES string of the molecule is CCCOC1(C2CC2)CCC(Nc2ccc(F)cc2F)CC1. The molecule has 2 nitrogen and oxygen atoms in total. The molecule has 0 amide bonds. The molecule has 2 aliphatic carbocycles. The van der Waals surface area contributed by atoms with Gasteiger partial charge in [0.05, 0.1) is 11.3 Å². The molecule has 0 spiro atoms. The normalized spacial score (nSPS) is 28.6. The summed E-state index contributed by atoms with van der Waals surface area (Å²) >= 11 is 0. The Labute approximate surface area is 131 Å². The van der Waals surface area contributed by atoms with Crippen LogP contribution in [0.25, 0.3) is 0 Å². The first-order chi connectivity index (χ1) is 10.6. The lowest BCUT2D eigenvalue weighted by Crippen LogP contribution is -2.42. The minimum Gasteiger partial charge on any atom is -0.380 e. The van der Waals surface area contributed by atoms with Crippen LogP contribution in [0.3, 0.4) is 0 Å². The van der Waals surface area contributed by atoms with Crippen LogP contribution in [0.2, 0.25) is 0 Å². The van der Waals surface area contributed by atoms with Crippen molar-refractivity contribution in [2.45, 2.75) is 63.5 Å². The molecular formula is C18H25F2NO. The van der Waals surface area contributed by atoms with Gasteiger partial charge in [-0.3, -0.25) is 0 Å². The highest BCUT2D eigenvalue weighted by Gasteiger charge is 2.47. The molecule has 2 fully saturated rings. The van der Waals surface area contributed by atoms with Crippen LogP contribution in [0.15, 0.2) is 18.2 Å². The van der Waals surface area contributed by atoms with E-state index in [2.05, 4.69) is 12.2 Å². The molecule has 2 aliphatic rings. The van der Waals surface area contributed by atoms with Crippen molar-refractivity contribution < 1.29 is 13.5 Å². The van der Waals surface area contributed by atoms with Gasteiger partial charge in [-0.25, -0.2) is 8.78 Å². The van der Waals surface area contributed by atoms with Crippen LogP contribution in [-0.2, 0) is 4.74 Å². The van der Waals surface area contributed by atoms with E-state index in [4.69, 9.17) is 4.74 Å². The summed E-state index contributed by atoms with van der Waals surface area (Å²) in [7, 11) is 0. The quantitative estimate of drug-likeness (QED) is 0.807. The molecular weight excluding hydrogens is 284 g/mol. The Bertz CT molecular complexity index is 508. The van der Waals surface area contributed by atoms with Crippen molar-refractivity contribution >= 4 is 5.69 Å². The van der Waals surface area contributed by atoms with E-state index in [0.717, 1.165) is 50.7 Å². The fourth-order valence-corrected chi connectivity index (χ4v) is 3.66. The molecule has 22 heavy (non-hydrogen) atoms. The zero-order valence-corrected chi connectivity index (χ0v) is 13.2. The fourth-order valence-electron chi connectivity index (χ4n) is 3.66. The van der Waals surface area contributed by atoms with Gasteiger partial charge in [-0.1, -0.05) is 6.92 Å². The van der Waals surface area contributed by atoms with Crippen LogP contribution in [0.1, 0.15) is 51.9 Å². The molecule has 0 radical (unpaired) electrons. The van der Waals surface area contributed by atoms with Crippen molar-refractivity contribution in [1.29, 1.82) is 0 Å². The third kappa shape index (κ3) is 3.43. The Kier molecular flexibility index (Phi) is 4.67. The molecule has 1 aromatic carbocycles. The molecule has 2 saturated carbocycles. The van der Waals surface area contributed by atoms with Crippen LogP contribution in [0.4, 0.5) is 14.5 Å². The Hall–Kier alpha value is -1.16. The lowest BCUT2D eigenvalue weighted by molar-refractivity contribution is -0.0873. The number of hydrogen-bond donors (Lipinski definition) is 1. The van der Waals surface area contributed by atoms with Crippen LogP contribution >= 0.6 is 0 Å². The maximum atomic E-state index is 13.7. The Morgan fingerprint density at radius 2 is 1.91 bits per heavy atom. The third-order valence-electron chi connectivity index (χ3n) is 5.04. The van der Waals surface area contributed by atoms with E-state index in [-0.39, 0.29) is 11.6 Å². The van der Waals surface area contributed by atoms with Crippen LogP contribution in [-0.4, -0.2) is 18.2 Å². The van der Waals surface area contributed by atoms with Gasteiger partial charge in [0.25, 0.3) is 0 Å². The first-order valence-electron chi connectivity index (χ1n) is 8.48. The first kappa shape index (κ1) is 15.7. The maximum absolute atomic E-state index is 13.7. The van der Waals surface area contributed by atoms with E-state index in [0.29, 0.717) is 5.69 Å². The highest BCUT2D eigenvalue weighted by molar-refractivity contribution is 5.45. The van der Waals surface area contributed by atoms with Crippen molar-refractivity contribution in [3.8, 4) is 0 Å². The zero-order chi connectivity index (χ0) is 15.6. The minimum absolute atomic E-state index is 0.0650. The fraction of sp³-hybridized carbons (Fsp3) is 0.667. The number of hydrogen-bond acceptors (Lipinski definition) is 2. The summed E-state index contributed by atoms with van der Waals surface area (Å²) in [6.45, 7) is 2.98. The van der Waals surface area contributed by atoms with E-state index in [9.17, 15) is 8.78 Å². The summed E-state index contributed by atoms with van der Waals surface area (Å²) in [6.07, 6.45) is 7.67. The molecule has 0 atom stereocenters. The molecule has 122 valence electrons. The van der Waals surface area contributed by atoms with E-state index < -0.39 is 11.6 Å². The van der Waals surface area contributed by atoms with E-state index in [1.807, 2.05) is 0 Å². The molecule has 0 aromatic heterocycles. The maximum Gasteiger partial charge on any atom is 0.149 e. The first-order valence-corrected chi connectivity index (χ1v) is 8.48. The van der Waals surface area contributed by atoms with E-state index >= 15 is 0 Å². The number of halogens is 2. The molecule has 1 N–H and O–H groups in total. The number of benzene rings is 1.